The summed E-state index contributed by atoms with van der Waals surface area (Å²) in [6, 6.07) is 6.62. The highest BCUT2D eigenvalue weighted by Gasteiger charge is 2.27. The van der Waals surface area contributed by atoms with Gasteiger partial charge in [-0.1, -0.05) is 12.1 Å². The Kier molecular flexibility index (Phi) is 3.64. The van der Waals surface area contributed by atoms with E-state index < -0.39 is 12.1 Å². The van der Waals surface area contributed by atoms with Gasteiger partial charge in [0.15, 0.2) is 6.10 Å². The summed E-state index contributed by atoms with van der Waals surface area (Å²) in [5.41, 5.74) is 0.775. The Balaban J connectivity index is 1.99. The highest BCUT2D eigenvalue weighted by Crippen LogP contribution is 2.24. The molecule has 0 aliphatic heterocycles. The van der Waals surface area contributed by atoms with E-state index in [4.69, 9.17) is 9.84 Å². The Morgan fingerprint density at radius 2 is 2.24 bits per heavy atom. The van der Waals surface area contributed by atoms with Gasteiger partial charge in [0, 0.05) is 6.42 Å². The van der Waals surface area contributed by atoms with Crippen LogP contribution in [-0.2, 0) is 16.0 Å². The molecule has 1 atom stereocenters. The number of carboxylic acids is 1. The van der Waals surface area contributed by atoms with Gasteiger partial charge < -0.3 is 14.9 Å². The van der Waals surface area contributed by atoms with Crippen LogP contribution in [0.25, 0.3) is 0 Å². The number of carboxylic acid groups (broad SMARTS) is 1. The minimum atomic E-state index is -0.944. The maximum absolute atomic E-state index is 11.1. The third kappa shape index (κ3) is 3.20. The van der Waals surface area contributed by atoms with Crippen molar-refractivity contribution in [2.24, 2.45) is 0 Å². The lowest BCUT2D eigenvalue weighted by Gasteiger charge is -2.28. The molecule has 0 spiro atoms. The Hall–Kier alpha value is -1.55. The first-order chi connectivity index (χ1) is 8.15. The largest absolute Gasteiger partial charge is 0.508 e. The van der Waals surface area contributed by atoms with Crippen LogP contribution in [0.5, 0.6) is 5.75 Å². The van der Waals surface area contributed by atoms with Crippen molar-refractivity contribution < 1.29 is 19.7 Å². The van der Waals surface area contributed by atoms with E-state index >= 15 is 0 Å². The van der Waals surface area contributed by atoms with Gasteiger partial charge in [-0.3, -0.25) is 0 Å². The Morgan fingerprint density at radius 3 is 2.76 bits per heavy atom. The predicted molar refractivity (Wildman–Crippen MR) is 62.0 cm³/mol. The Bertz CT molecular complexity index is 398. The second-order valence-corrected chi connectivity index (χ2v) is 4.39. The summed E-state index contributed by atoms with van der Waals surface area (Å²) in [5.74, 6) is -0.796. The Morgan fingerprint density at radius 1 is 1.47 bits per heavy atom. The molecule has 1 aliphatic carbocycles. The van der Waals surface area contributed by atoms with Crippen molar-refractivity contribution in [1.82, 2.24) is 0 Å². The van der Waals surface area contributed by atoms with Crippen LogP contribution in [0.3, 0.4) is 0 Å². The average molecular weight is 236 g/mol. The number of phenolic OH excluding ortho intramolecular Hbond substituents is 1. The zero-order valence-corrected chi connectivity index (χ0v) is 9.50. The van der Waals surface area contributed by atoms with Gasteiger partial charge in [0.25, 0.3) is 0 Å². The van der Waals surface area contributed by atoms with E-state index in [1.54, 1.807) is 24.3 Å². The molecule has 0 heterocycles. The summed E-state index contributed by atoms with van der Waals surface area (Å²) >= 11 is 0. The highest BCUT2D eigenvalue weighted by atomic mass is 16.5. The summed E-state index contributed by atoms with van der Waals surface area (Å²) in [7, 11) is 0. The molecular weight excluding hydrogens is 220 g/mol. The SMILES string of the molecule is O=C(O)[C@@H](Cc1cccc(O)c1)OC1CCC1. The fourth-order valence-electron chi connectivity index (χ4n) is 1.83. The summed E-state index contributed by atoms with van der Waals surface area (Å²) < 4.78 is 5.51. The molecule has 2 N–H and O–H groups in total. The molecule has 0 radical (unpaired) electrons. The first kappa shape index (κ1) is 11.9. The molecule has 1 aromatic carbocycles. The van der Waals surface area contributed by atoms with Crippen molar-refractivity contribution in [3.8, 4) is 5.75 Å². The number of hydrogen-bond acceptors (Lipinski definition) is 3. The second kappa shape index (κ2) is 5.19. The molecule has 1 aromatic rings. The van der Waals surface area contributed by atoms with Gasteiger partial charge in [0.05, 0.1) is 6.10 Å². The van der Waals surface area contributed by atoms with Crippen molar-refractivity contribution in [2.75, 3.05) is 0 Å². The Labute approximate surface area is 99.8 Å². The zero-order chi connectivity index (χ0) is 12.3. The fraction of sp³-hybridized carbons (Fsp3) is 0.462. The van der Waals surface area contributed by atoms with Gasteiger partial charge >= 0.3 is 5.97 Å². The summed E-state index contributed by atoms with van der Waals surface area (Å²) in [6.07, 6.45) is 2.58. The molecular formula is C13H16O4. The van der Waals surface area contributed by atoms with Crippen LogP contribution in [0.2, 0.25) is 0 Å². The van der Waals surface area contributed by atoms with Gasteiger partial charge in [0.2, 0.25) is 0 Å². The van der Waals surface area contributed by atoms with Gasteiger partial charge in [-0.25, -0.2) is 4.79 Å². The van der Waals surface area contributed by atoms with E-state index in [2.05, 4.69) is 0 Å². The van der Waals surface area contributed by atoms with E-state index in [1.165, 1.54) is 0 Å². The van der Waals surface area contributed by atoms with Crippen LogP contribution >= 0.6 is 0 Å². The van der Waals surface area contributed by atoms with Crippen molar-refractivity contribution >= 4 is 5.97 Å². The van der Waals surface area contributed by atoms with Crippen molar-refractivity contribution in [3.63, 3.8) is 0 Å². The number of ether oxygens (including phenoxy) is 1. The summed E-state index contributed by atoms with van der Waals surface area (Å²) in [5, 5.41) is 18.4. The molecule has 0 saturated heterocycles. The molecule has 1 fully saturated rings. The molecule has 4 heteroatoms. The molecule has 17 heavy (non-hydrogen) atoms. The predicted octanol–water partition coefficient (Wildman–Crippen LogP) is 1.96. The van der Waals surface area contributed by atoms with Crippen molar-refractivity contribution in [2.45, 2.75) is 37.9 Å². The lowest BCUT2D eigenvalue weighted by molar-refractivity contribution is -0.157. The molecule has 0 amide bonds. The number of phenols is 1. The molecule has 4 nitrogen and oxygen atoms in total. The molecule has 0 aromatic heterocycles. The van der Waals surface area contributed by atoms with E-state index in [1.807, 2.05) is 0 Å². The number of aromatic hydroxyl groups is 1. The zero-order valence-electron chi connectivity index (χ0n) is 9.50. The quantitative estimate of drug-likeness (QED) is 0.820. The van der Waals surface area contributed by atoms with Gasteiger partial charge in [-0.05, 0) is 37.0 Å². The molecule has 2 rings (SSSR count). The monoisotopic (exact) mass is 236 g/mol. The third-order valence-electron chi connectivity index (χ3n) is 3.02. The summed E-state index contributed by atoms with van der Waals surface area (Å²) in [4.78, 5) is 11.1. The number of aliphatic carboxylic acids is 1. The molecule has 92 valence electrons. The van der Waals surface area contributed by atoms with Crippen LogP contribution in [0.1, 0.15) is 24.8 Å². The van der Waals surface area contributed by atoms with Crippen LogP contribution in [0, 0.1) is 0 Å². The van der Waals surface area contributed by atoms with Crippen LogP contribution in [-0.4, -0.2) is 28.4 Å². The third-order valence-corrected chi connectivity index (χ3v) is 3.02. The maximum atomic E-state index is 11.1. The minimum absolute atomic E-state index is 0.0911. The van der Waals surface area contributed by atoms with E-state index in [-0.39, 0.29) is 11.9 Å². The van der Waals surface area contributed by atoms with Crippen LogP contribution in [0.4, 0.5) is 0 Å². The van der Waals surface area contributed by atoms with Crippen molar-refractivity contribution in [3.05, 3.63) is 29.8 Å². The number of benzene rings is 1. The minimum Gasteiger partial charge on any atom is -0.508 e. The van der Waals surface area contributed by atoms with Gasteiger partial charge in [-0.15, -0.1) is 0 Å². The number of carbonyl (C=O) groups is 1. The van der Waals surface area contributed by atoms with Crippen LogP contribution in [0.15, 0.2) is 24.3 Å². The number of rotatable bonds is 5. The highest BCUT2D eigenvalue weighted by molar-refractivity contribution is 5.72. The lowest BCUT2D eigenvalue weighted by Crippen LogP contribution is -2.34. The van der Waals surface area contributed by atoms with E-state index in [0.29, 0.717) is 6.42 Å². The normalized spacial score (nSPS) is 17.4. The van der Waals surface area contributed by atoms with Gasteiger partial charge in [-0.2, -0.15) is 0 Å². The lowest BCUT2D eigenvalue weighted by atomic mass is 9.95. The standard InChI is InChI=1S/C13H16O4/c14-10-4-1-3-9(7-10)8-12(13(15)16)17-11-5-2-6-11/h1,3-4,7,11-12,14H,2,5-6,8H2,(H,15,16)/t12-/m1/s1. The first-order valence-electron chi connectivity index (χ1n) is 5.81. The number of hydrogen-bond donors (Lipinski definition) is 2. The molecule has 1 aliphatic rings. The summed E-state index contributed by atoms with van der Waals surface area (Å²) in [6.45, 7) is 0. The topological polar surface area (TPSA) is 66.8 Å². The average Bonchev–Trinajstić information content (AvgIpc) is 2.21. The maximum Gasteiger partial charge on any atom is 0.333 e. The van der Waals surface area contributed by atoms with E-state index in [0.717, 1.165) is 24.8 Å². The smallest absolute Gasteiger partial charge is 0.333 e. The van der Waals surface area contributed by atoms with E-state index in [9.17, 15) is 9.90 Å². The molecule has 1 saturated carbocycles. The fourth-order valence-corrected chi connectivity index (χ4v) is 1.83. The molecule has 0 bridgehead atoms. The second-order valence-electron chi connectivity index (χ2n) is 4.39. The first-order valence-corrected chi connectivity index (χ1v) is 5.81. The van der Waals surface area contributed by atoms with Crippen molar-refractivity contribution in [1.29, 1.82) is 0 Å². The molecule has 0 unspecified atom stereocenters. The van der Waals surface area contributed by atoms with Gasteiger partial charge in [0.1, 0.15) is 5.75 Å². The van der Waals surface area contributed by atoms with Crippen LogP contribution < -0.4 is 0 Å².